The van der Waals surface area contributed by atoms with Crippen LogP contribution in [0.2, 0.25) is 0 Å². The van der Waals surface area contributed by atoms with Gasteiger partial charge >= 0.3 is 6.03 Å². The Bertz CT molecular complexity index is 802. The van der Waals surface area contributed by atoms with Gasteiger partial charge in [-0.3, -0.25) is 4.79 Å². The topological polar surface area (TPSA) is 87.3 Å². The van der Waals surface area contributed by atoms with Crippen molar-refractivity contribution >= 4 is 6.03 Å². The first kappa shape index (κ1) is 16.0. The molecule has 1 aliphatic rings. The minimum atomic E-state index is -0.190. The predicted octanol–water partition coefficient (Wildman–Crippen LogP) is 1.61. The predicted molar refractivity (Wildman–Crippen MR) is 88.9 cm³/mol. The van der Waals surface area contributed by atoms with Crippen molar-refractivity contribution in [1.82, 2.24) is 20.2 Å². The molecule has 2 aromatic rings. The summed E-state index contributed by atoms with van der Waals surface area (Å²) < 4.78 is 5.11. The van der Waals surface area contributed by atoms with Crippen LogP contribution in [-0.2, 0) is 13.0 Å². The van der Waals surface area contributed by atoms with Crippen LogP contribution in [0.1, 0.15) is 29.7 Å². The Hall–Kier alpha value is -2.83. The molecule has 0 saturated carbocycles. The summed E-state index contributed by atoms with van der Waals surface area (Å²) in [6, 6.07) is 5.15. The fraction of sp³-hybridized carbons (Fsp3) is 0.353. The molecule has 0 radical (unpaired) electrons. The number of fused-ring (bicyclic) bond motifs is 1. The highest BCUT2D eigenvalue weighted by Crippen LogP contribution is 2.18. The number of hydrogen-bond acceptors (Lipinski definition) is 4. The zero-order valence-corrected chi connectivity index (χ0v) is 13.7. The average Bonchev–Trinajstić information content (AvgIpc) is 2.61. The zero-order valence-electron chi connectivity index (χ0n) is 13.7. The lowest BCUT2D eigenvalue weighted by atomic mass is 10.0. The van der Waals surface area contributed by atoms with Crippen molar-refractivity contribution in [2.45, 2.75) is 25.9 Å². The summed E-state index contributed by atoms with van der Waals surface area (Å²) >= 11 is 0. The number of rotatable bonds is 3. The van der Waals surface area contributed by atoms with Gasteiger partial charge in [0.25, 0.3) is 5.56 Å². The van der Waals surface area contributed by atoms with E-state index in [1.165, 1.54) is 0 Å². The lowest BCUT2D eigenvalue weighted by Gasteiger charge is -2.29. The molecule has 7 heteroatoms. The fourth-order valence-corrected chi connectivity index (χ4v) is 2.82. The second kappa shape index (κ2) is 6.74. The molecule has 7 nitrogen and oxygen atoms in total. The van der Waals surface area contributed by atoms with Crippen LogP contribution in [0.5, 0.6) is 5.88 Å². The third kappa shape index (κ3) is 3.24. The van der Waals surface area contributed by atoms with Crippen molar-refractivity contribution < 1.29 is 9.53 Å². The van der Waals surface area contributed by atoms with E-state index in [4.69, 9.17) is 4.74 Å². The molecule has 24 heavy (non-hydrogen) atoms. The van der Waals surface area contributed by atoms with Crippen LogP contribution in [0.15, 0.2) is 35.4 Å². The van der Waals surface area contributed by atoms with Gasteiger partial charge in [-0.1, -0.05) is 0 Å². The number of nitrogens with one attached hydrogen (secondary N) is 2. The Balaban J connectivity index is 1.69. The second-order valence-corrected chi connectivity index (χ2v) is 5.78. The van der Waals surface area contributed by atoms with Gasteiger partial charge in [-0.2, -0.15) is 0 Å². The first-order valence-electron chi connectivity index (χ1n) is 7.83. The van der Waals surface area contributed by atoms with Gasteiger partial charge in [0, 0.05) is 30.6 Å². The Morgan fingerprint density at radius 2 is 2.29 bits per heavy atom. The standard InChI is InChI=1S/C17H20N4O3/c1-11(13-4-6-18-15(9-13)24-2)20-17(23)21-8-5-12-3-7-19-16(22)14(12)10-21/h3-4,6-7,9,11H,5,8,10H2,1-2H3,(H,19,22)(H,20,23). The van der Waals surface area contributed by atoms with E-state index >= 15 is 0 Å². The van der Waals surface area contributed by atoms with E-state index in [1.807, 2.05) is 19.1 Å². The highest BCUT2D eigenvalue weighted by Gasteiger charge is 2.23. The molecule has 1 unspecified atom stereocenters. The number of ether oxygens (including phenoxy) is 1. The maximum Gasteiger partial charge on any atom is 0.318 e. The van der Waals surface area contributed by atoms with Crippen LogP contribution >= 0.6 is 0 Å². The quantitative estimate of drug-likeness (QED) is 0.896. The Morgan fingerprint density at radius 1 is 1.46 bits per heavy atom. The van der Waals surface area contributed by atoms with Gasteiger partial charge in [-0.05, 0) is 36.6 Å². The summed E-state index contributed by atoms with van der Waals surface area (Å²) in [7, 11) is 1.55. The Morgan fingerprint density at radius 3 is 3.08 bits per heavy atom. The lowest BCUT2D eigenvalue weighted by Crippen LogP contribution is -2.45. The van der Waals surface area contributed by atoms with E-state index in [9.17, 15) is 9.59 Å². The average molecular weight is 328 g/mol. The molecule has 2 aromatic heterocycles. The van der Waals surface area contributed by atoms with Crippen molar-refractivity contribution in [2.24, 2.45) is 0 Å². The molecular formula is C17H20N4O3. The van der Waals surface area contributed by atoms with E-state index in [0.717, 1.165) is 11.1 Å². The Labute approximate surface area is 139 Å². The summed E-state index contributed by atoms with van der Waals surface area (Å²) in [5.41, 5.74) is 2.45. The van der Waals surface area contributed by atoms with Gasteiger partial charge < -0.3 is 19.9 Å². The molecule has 3 heterocycles. The summed E-state index contributed by atoms with van der Waals surface area (Å²) in [6.45, 7) is 2.82. The van der Waals surface area contributed by atoms with Crippen LogP contribution in [0.3, 0.4) is 0 Å². The molecule has 0 fully saturated rings. The van der Waals surface area contributed by atoms with Gasteiger partial charge in [-0.25, -0.2) is 9.78 Å². The van der Waals surface area contributed by atoms with Gasteiger partial charge in [0.15, 0.2) is 0 Å². The molecule has 0 aliphatic carbocycles. The van der Waals surface area contributed by atoms with Crippen molar-refractivity contribution in [2.75, 3.05) is 13.7 Å². The third-order valence-electron chi connectivity index (χ3n) is 4.26. The van der Waals surface area contributed by atoms with E-state index < -0.39 is 0 Å². The molecule has 2 amide bonds. The normalized spacial score (nSPS) is 14.7. The SMILES string of the molecule is COc1cc(C(C)NC(=O)N2CCc3cc[nH]c(=O)c3C2)ccn1. The molecule has 3 rings (SSSR count). The number of H-pyrrole nitrogens is 1. The molecule has 0 aromatic carbocycles. The molecule has 0 bridgehead atoms. The number of amides is 2. The second-order valence-electron chi connectivity index (χ2n) is 5.78. The van der Waals surface area contributed by atoms with Crippen LogP contribution in [-0.4, -0.2) is 34.6 Å². The highest BCUT2D eigenvalue weighted by molar-refractivity contribution is 5.75. The largest absolute Gasteiger partial charge is 0.481 e. The number of methoxy groups -OCH3 is 1. The summed E-state index contributed by atoms with van der Waals surface area (Å²) in [6.07, 6.45) is 3.98. The van der Waals surface area contributed by atoms with Crippen molar-refractivity contribution in [3.8, 4) is 5.88 Å². The zero-order chi connectivity index (χ0) is 17.1. The van der Waals surface area contributed by atoms with Gasteiger partial charge in [0.2, 0.25) is 5.88 Å². The van der Waals surface area contributed by atoms with Crippen LogP contribution < -0.4 is 15.6 Å². The number of nitrogens with zero attached hydrogens (tertiary/aromatic N) is 2. The van der Waals surface area contributed by atoms with Crippen LogP contribution in [0, 0.1) is 0 Å². The molecule has 0 saturated heterocycles. The number of pyridine rings is 2. The molecule has 1 aliphatic heterocycles. The van der Waals surface area contributed by atoms with Crippen LogP contribution in [0.25, 0.3) is 0 Å². The fourth-order valence-electron chi connectivity index (χ4n) is 2.82. The highest BCUT2D eigenvalue weighted by atomic mass is 16.5. The molecule has 126 valence electrons. The Kier molecular flexibility index (Phi) is 4.50. The number of carbonyl (C=O) groups excluding carboxylic acids is 1. The minimum Gasteiger partial charge on any atom is -0.481 e. The van der Waals surface area contributed by atoms with E-state index in [-0.39, 0.29) is 17.6 Å². The smallest absolute Gasteiger partial charge is 0.318 e. The number of aromatic amines is 1. The monoisotopic (exact) mass is 328 g/mol. The van der Waals surface area contributed by atoms with E-state index in [0.29, 0.717) is 31.0 Å². The van der Waals surface area contributed by atoms with Crippen molar-refractivity contribution in [3.05, 3.63) is 57.6 Å². The molecule has 2 N–H and O–H groups in total. The minimum absolute atomic E-state index is 0.128. The molecule has 0 spiro atoms. The summed E-state index contributed by atoms with van der Waals surface area (Å²) in [5.74, 6) is 0.507. The van der Waals surface area contributed by atoms with Crippen molar-refractivity contribution in [3.63, 3.8) is 0 Å². The van der Waals surface area contributed by atoms with Gasteiger partial charge in [-0.15, -0.1) is 0 Å². The van der Waals surface area contributed by atoms with E-state index in [2.05, 4.69) is 15.3 Å². The van der Waals surface area contributed by atoms with E-state index in [1.54, 1.807) is 30.5 Å². The third-order valence-corrected chi connectivity index (χ3v) is 4.26. The van der Waals surface area contributed by atoms with Gasteiger partial charge in [0.05, 0.1) is 19.7 Å². The number of hydrogen-bond donors (Lipinski definition) is 2. The first-order valence-corrected chi connectivity index (χ1v) is 7.83. The van der Waals surface area contributed by atoms with Gasteiger partial charge in [0.1, 0.15) is 0 Å². The number of urea groups is 1. The van der Waals surface area contributed by atoms with Crippen LogP contribution in [0.4, 0.5) is 4.79 Å². The maximum atomic E-state index is 12.5. The first-order chi connectivity index (χ1) is 11.6. The molecule has 1 atom stereocenters. The maximum absolute atomic E-state index is 12.5. The lowest BCUT2D eigenvalue weighted by molar-refractivity contribution is 0.188. The number of aromatic nitrogens is 2. The summed E-state index contributed by atoms with van der Waals surface area (Å²) in [4.78, 5) is 32.8. The van der Waals surface area contributed by atoms with Crippen molar-refractivity contribution in [1.29, 1.82) is 0 Å². The summed E-state index contributed by atoms with van der Waals surface area (Å²) in [5, 5.41) is 2.96. The number of carbonyl (C=O) groups is 1. The molecular weight excluding hydrogens is 308 g/mol.